The molecule has 0 aliphatic carbocycles. The van der Waals surface area contributed by atoms with Crippen LogP contribution in [0.5, 0.6) is 0 Å². The molecule has 0 saturated carbocycles. The second kappa shape index (κ2) is 6.93. The number of amides is 1. The first-order valence-corrected chi connectivity index (χ1v) is 6.33. The first-order chi connectivity index (χ1) is 8.02. The SMILES string of the molecule is CC(C)[C@H](N)C(=O)N(C)CCN1CCOCC1. The molecule has 0 aromatic rings. The van der Waals surface area contributed by atoms with Gasteiger partial charge in [0.25, 0.3) is 0 Å². The van der Waals surface area contributed by atoms with Crippen molar-refractivity contribution in [2.24, 2.45) is 11.7 Å². The van der Waals surface area contributed by atoms with Gasteiger partial charge in [-0.15, -0.1) is 0 Å². The van der Waals surface area contributed by atoms with E-state index < -0.39 is 0 Å². The van der Waals surface area contributed by atoms with Crippen LogP contribution in [0.3, 0.4) is 0 Å². The first kappa shape index (κ1) is 14.4. The first-order valence-electron chi connectivity index (χ1n) is 6.33. The lowest BCUT2D eigenvalue weighted by Crippen LogP contribution is -2.48. The highest BCUT2D eigenvalue weighted by Gasteiger charge is 2.21. The molecular formula is C12H25N3O2. The van der Waals surface area contributed by atoms with E-state index in [0.717, 1.165) is 39.4 Å². The number of hydrogen-bond donors (Lipinski definition) is 1. The molecule has 0 unspecified atom stereocenters. The number of nitrogens with two attached hydrogens (primary N) is 1. The van der Waals surface area contributed by atoms with Gasteiger partial charge in [0.05, 0.1) is 19.3 Å². The van der Waals surface area contributed by atoms with Gasteiger partial charge in [0, 0.05) is 33.2 Å². The van der Waals surface area contributed by atoms with Crippen LogP contribution in [0.4, 0.5) is 0 Å². The summed E-state index contributed by atoms with van der Waals surface area (Å²) in [5.74, 6) is 0.224. The van der Waals surface area contributed by atoms with E-state index in [1.807, 2.05) is 20.9 Å². The molecule has 1 fully saturated rings. The Balaban J connectivity index is 2.28. The van der Waals surface area contributed by atoms with Gasteiger partial charge in [-0.2, -0.15) is 0 Å². The van der Waals surface area contributed by atoms with E-state index >= 15 is 0 Å². The molecule has 0 aromatic heterocycles. The van der Waals surface area contributed by atoms with Crippen LogP contribution < -0.4 is 5.73 Å². The third-order valence-electron chi connectivity index (χ3n) is 3.23. The lowest BCUT2D eigenvalue weighted by atomic mass is 10.0. The van der Waals surface area contributed by atoms with Gasteiger partial charge in [-0.05, 0) is 5.92 Å². The number of morpholine rings is 1. The Bertz CT molecular complexity index is 240. The molecule has 0 aromatic carbocycles. The molecule has 100 valence electrons. The van der Waals surface area contributed by atoms with E-state index in [9.17, 15) is 4.79 Å². The summed E-state index contributed by atoms with van der Waals surface area (Å²) in [7, 11) is 1.82. The van der Waals surface area contributed by atoms with Crippen molar-refractivity contribution < 1.29 is 9.53 Å². The van der Waals surface area contributed by atoms with Gasteiger partial charge >= 0.3 is 0 Å². The number of carbonyl (C=O) groups is 1. The lowest BCUT2D eigenvalue weighted by molar-refractivity contribution is -0.132. The monoisotopic (exact) mass is 243 g/mol. The second-order valence-electron chi connectivity index (χ2n) is 4.98. The standard InChI is InChI=1S/C12H25N3O2/c1-10(2)11(13)12(16)14(3)4-5-15-6-8-17-9-7-15/h10-11H,4-9,13H2,1-3H3/t11-/m0/s1. The van der Waals surface area contributed by atoms with Gasteiger partial charge in [-0.25, -0.2) is 0 Å². The molecule has 17 heavy (non-hydrogen) atoms. The molecule has 0 radical (unpaired) electrons. The van der Waals surface area contributed by atoms with Crippen LogP contribution in [-0.4, -0.2) is 68.2 Å². The van der Waals surface area contributed by atoms with Crippen molar-refractivity contribution >= 4 is 5.91 Å². The smallest absolute Gasteiger partial charge is 0.239 e. The molecule has 1 aliphatic rings. The third kappa shape index (κ3) is 4.61. The van der Waals surface area contributed by atoms with Gasteiger partial charge < -0.3 is 15.4 Å². The topological polar surface area (TPSA) is 58.8 Å². The zero-order valence-corrected chi connectivity index (χ0v) is 11.2. The van der Waals surface area contributed by atoms with Crippen molar-refractivity contribution in [1.82, 2.24) is 9.80 Å². The summed E-state index contributed by atoms with van der Waals surface area (Å²) in [6.45, 7) is 9.08. The number of nitrogens with zero attached hydrogens (tertiary/aromatic N) is 2. The second-order valence-corrected chi connectivity index (χ2v) is 4.98. The molecule has 1 saturated heterocycles. The summed E-state index contributed by atoms with van der Waals surface area (Å²) < 4.78 is 5.28. The predicted molar refractivity (Wildman–Crippen MR) is 67.7 cm³/mol. The van der Waals surface area contributed by atoms with Crippen molar-refractivity contribution in [2.45, 2.75) is 19.9 Å². The van der Waals surface area contributed by atoms with Crippen LogP contribution in [0, 0.1) is 5.92 Å². The highest BCUT2D eigenvalue weighted by Crippen LogP contribution is 2.03. The van der Waals surface area contributed by atoms with Gasteiger partial charge in [0.2, 0.25) is 5.91 Å². The van der Waals surface area contributed by atoms with Crippen LogP contribution in [0.25, 0.3) is 0 Å². The van der Waals surface area contributed by atoms with Crippen molar-refractivity contribution in [3.63, 3.8) is 0 Å². The molecule has 5 heteroatoms. The van der Waals surface area contributed by atoms with Gasteiger partial charge in [-0.1, -0.05) is 13.8 Å². The van der Waals surface area contributed by atoms with Crippen LogP contribution >= 0.6 is 0 Å². The van der Waals surface area contributed by atoms with E-state index in [1.54, 1.807) is 4.90 Å². The molecule has 0 bridgehead atoms. The minimum absolute atomic E-state index is 0.0354. The van der Waals surface area contributed by atoms with E-state index in [2.05, 4.69) is 4.90 Å². The number of rotatable bonds is 5. The number of hydrogen-bond acceptors (Lipinski definition) is 4. The van der Waals surface area contributed by atoms with Gasteiger partial charge in [0.15, 0.2) is 0 Å². The Morgan fingerprint density at radius 1 is 1.41 bits per heavy atom. The molecule has 0 spiro atoms. The molecule has 5 nitrogen and oxygen atoms in total. The highest BCUT2D eigenvalue weighted by molar-refractivity contribution is 5.81. The Hall–Kier alpha value is -0.650. The van der Waals surface area contributed by atoms with Crippen molar-refractivity contribution in [1.29, 1.82) is 0 Å². The summed E-state index contributed by atoms with van der Waals surface area (Å²) in [5, 5.41) is 0. The number of likely N-dealkylation sites (N-methyl/N-ethyl adjacent to an activating group) is 1. The minimum atomic E-state index is -0.385. The summed E-state index contributed by atoms with van der Waals surface area (Å²) in [4.78, 5) is 16.0. The third-order valence-corrected chi connectivity index (χ3v) is 3.23. The molecule has 1 aliphatic heterocycles. The zero-order valence-electron chi connectivity index (χ0n) is 11.2. The molecule has 1 heterocycles. The number of carbonyl (C=O) groups excluding carboxylic acids is 1. The maximum atomic E-state index is 11.9. The molecule has 1 rings (SSSR count). The van der Waals surface area contributed by atoms with Crippen LogP contribution in [-0.2, 0) is 9.53 Å². The summed E-state index contributed by atoms with van der Waals surface area (Å²) >= 11 is 0. The fraction of sp³-hybridized carbons (Fsp3) is 0.917. The Morgan fingerprint density at radius 3 is 2.53 bits per heavy atom. The number of ether oxygens (including phenoxy) is 1. The summed E-state index contributed by atoms with van der Waals surface area (Å²) in [6, 6.07) is -0.385. The summed E-state index contributed by atoms with van der Waals surface area (Å²) in [6.07, 6.45) is 0. The minimum Gasteiger partial charge on any atom is -0.379 e. The largest absolute Gasteiger partial charge is 0.379 e. The normalized spacial score (nSPS) is 19.4. The van der Waals surface area contributed by atoms with Crippen molar-refractivity contribution in [2.75, 3.05) is 46.4 Å². The van der Waals surface area contributed by atoms with Crippen LogP contribution in [0.1, 0.15) is 13.8 Å². The van der Waals surface area contributed by atoms with E-state index in [-0.39, 0.29) is 17.9 Å². The fourth-order valence-electron chi connectivity index (χ4n) is 1.77. The zero-order chi connectivity index (χ0) is 12.8. The Kier molecular flexibility index (Phi) is 5.88. The molecule has 2 N–H and O–H groups in total. The van der Waals surface area contributed by atoms with Crippen LogP contribution in [0.15, 0.2) is 0 Å². The fourth-order valence-corrected chi connectivity index (χ4v) is 1.77. The van der Waals surface area contributed by atoms with Crippen molar-refractivity contribution in [3.8, 4) is 0 Å². The van der Waals surface area contributed by atoms with E-state index in [0.29, 0.717) is 0 Å². The van der Waals surface area contributed by atoms with Gasteiger partial charge in [0.1, 0.15) is 0 Å². The van der Waals surface area contributed by atoms with Crippen molar-refractivity contribution in [3.05, 3.63) is 0 Å². The quantitative estimate of drug-likeness (QED) is 0.724. The summed E-state index contributed by atoms with van der Waals surface area (Å²) in [5.41, 5.74) is 5.84. The maximum Gasteiger partial charge on any atom is 0.239 e. The Labute approximate surface area is 104 Å². The Morgan fingerprint density at radius 2 is 2.00 bits per heavy atom. The van der Waals surface area contributed by atoms with E-state index in [1.165, 1.54) is 0 Å². The highest BCUT2D eigenvalue weighted by atomic mass is 16.5. The van der Waals surface area contributed by atoms with Crippen LogP contribution in [0.2, 0.25) is 0 Å². The predicted octanol–water partition coefficient (Wildman–Crippen LogP) is -0.240. The maximum absolute atomic E-state index is 11.9. The molecule has 1 atom stereocenters. The average molecular weight is 243 g/mol. The lowest BCUT2D eigenvalue weighted by Gasteiger charge is -2.29. The average Bonchev–Trinajstić information content (AvgIpc) is 2.35. The van der Waals surface area contributed by atoms with Gasteiger partial charge in [-0.3, -0.25) is 9.69 Å². The van der Waals surface area contributed by atoms with E-state index in [4.69, 9.17) is 10.5 Å². The molecule has 1 amide bonds. The molecular weight excluding hydrogens is 218 g/mol.